The van der Waals surface area contributed by atoms with Gasteiger partial charge >= 0.3 is 6.09 Å². The van der Waals surface area contributed by atoms with Crippen LogP contribution in [0.25, 0.3) is 0 Å². The number of aromatic nitrogens is 2. The minimum Gasteiger partial charge on any atom is -0.443 e. The molecule has 1 saturated heterocycles. The molecule has 3 rings (SSSR count). The van der Waals surface area contributed by atoms with Crippen LogP contribution in [0.5, 0.6) is 0 Å². The Morgan fingerprint density at radius 1 is 1.57 bits per heavy atom. The highest BCUT2D eigenvalue weighted by Crippen LogP contribution is 2.29. The first-order chi connectivity index (χ1) is 11.1. The molecular weight excluding hydrogens is 300 g/mol. The second-order valence-corrected chi connectivity index (χ2v) is 5.66. The molecule has 1 unspecified atom stereocenters. The summed E-state index contributed by atoms with van der Waals surface area (Å²) in [7, 11) is 0. The number of amides is 1. The summed E-state index contributed by atoms with van der Waals surface area (Å²) in [6.45, 7) is 4.13. The summed E-state index contributed by atoms with van der Waals surface area (Å²) in [5, 5.41) is 2.79. The van der Waals surface area contributed by atoms with Gasteiger partial charge in [0.2, 0.25) is 5.91 Å². The zero-order valence-electron chi connectivity index (χ0n) is 13.1. The fourth-order valence-corrected chi connectivity index (χ4v) is 2.79. The maximum Gasteiger partial charge on any atom is 0.419 e. The average Bonchev–Trinajstić information content (AvgIpc) is 3.19. The Morgan fingerprint density at radius 2 is 2.39 bits per heavy atom. The lowest BCUT2D eigenvalue weighted by atomic mass is 10.1. The molecule has 8 nitrogen and oxygen atoms in total. The minimum atomic E-state index is -0.464. The molecule has 3 heterocycles. The first kappa shape index (κ1) is 15.5. The Kier molecular flexibility index (Phi) is 4.33. The summed E-state index contributed by atoms with van der Waals surface area (Å²) < 4.78 is 12.8. The van der Waals surface area contributed by atoms with Crippen molar-refractivity contribution in [1.29, 1.82) is 0 Å². The fourth-order valence-electron chi connectivity index (χ4n) is 2.79. The van der Waals surface area contributed by atoms with E-state index in [9.17, 15) is 9.59 Å². The van der Waals surface area contributed by atoms with E-state index < -0.39 is 6.09 Å². The van der Waals surface area contributed by atoms with Crippen LogP contribution in [0.2, 0.25) is 0 Å². The van der Waals surface area contributed by atoms with Crippen LogP contribution in [0.4, 0.5) is 4.79 Å². The van der Waals surface area contributed by atoms with E-state index >= 15 is 0 Å². The highest BCUT2D eigenvalue weighted by Gasteiger charge is 2.40. The molecule has 0 saturated carbocycles. The summed E-state index contributed by atoms with van der Waals surface area (Å²) in [6, 6.07) is 0. The first-order valence-corrected chi connectivity index (χ1v) is 7.65. The minimum absolute atomic E-state index is 0.0747. The topological polar surface area (TPSA) is 85.7 Å². The summed E-state index contributed by atoms with van der Waals surface area (Å²) in [6.07, 6.45) is 6.37. The van der Waals surface area contributed by atoms with Crippen LogP contribution in [0.1, 0.15) is 26.7 Å². The van der Waals surface area contributed by atoms with Gasteiger partial charge < -0.3 is 19.7 Å². The lowest BCUT2D eigenvalue weighted by Crippen LogP contribution is -2.45. The lowest BCUT2D eigenvalue weighted by Gasteiger charge is -2.30. The number of rotatable bonds is 3. The molecule has 1 amide bonds. The van der Waals surface area contributed by atoms with Crippen LogP contribution in [0, 0.1) is 0 Å². The van der Waals surface area contributed by atoms with Crippen LogP contribution >= 0.6 is 0 Å². The molecule has 0 bridgehead atoms. The van der Waals surface area contributed by atoms with Crippen molar-refractivity contribution < 1.29 is 19.1 Å². The van der Waals surface area contributed by atoms with Crippen molar-refractivity contribution in [2.24, 2.45) is 0 Å². The molecule has 0 spiro atoms. The quantitative estimate of drug-likeness (QED) is 0.896. The molecule has 0 aliphatic carbocycles. The maximum absolute atomic E-state index is 12.1. The third-order valence-electron chi connectivity index (χ3n) is 4.06. The monoisotopic (exact) mass is 320 g/mol. The highest BCUT2D eigenvalue weighted by molar-refractivity contribution is 5.93. The van der Waals surface area contributed by atoms with Gasteiger partial charge in [0.1, 0.15) is 18.7 Å². The van der Waals surface area contributed by atoms with Gasteiger partial charge in [-0.1, -0.05) is 6.92 Å². The fraction of sp³-hybridized carbons (Fsp3) is 0.533. The molecule has 1 aromatic rings. The molecule has 8 heteroatoms. The number of carbonyl (C=O) groups is 2. The van der Waals surface area contributed by atoms with Gasteiger partial charge in [-0.05, 0) is 13.3 Å². The average molecular weight is 320 g/mol. The molecular formula is C15H20N4O4. The first-order valence-electron chi connectivity index (χ1n) is 7.65. The number of imidazole rings is 1. The molecule has 2 aliphatic heterocycles. The Balaban J connectivity index is 1.66. The van der Waals surface area contributed by atoms with E-state index in [1.807, 2.05) is 11.8 Å². The van der Waals surface area contributed by atoms with Gasteiger partial charge in [-0.3, -0.25) is 4.79 Å². The van der Waals surface area contributed by atoms with E-state index in [0.717, 1.165) is 6.42 Å². The smallest absolute Gasteiger partial charge is 0.419 e. The maximum atomic E-state index is 12.1. The zero-order chi connectivity index (χ0) is 16.4. The largest absolute Gasteiger partial charge is 0.443 e. The molecule has 1 N–H and O–H groups in total. The van der Waals surface area contributed by atoms with E-state index in [1.54, 1.807) is 19.3 Å². The number of nitrogens with one attached hydrogen (secondary N) is 1. The van der Waals surface area contributed by atoms with E-state index in [4.69, 9.17) is 9.47 Å². The van der Waals surface area contributed by atoms with Crippen molar-refractivity contribution in [3.8, 4) is 0 Å². The lowest BCUT2D eigenvalue weighted by molar-refractivity contribution is -0.120. The molecule has 0 radical (unpaired) electrons. The van der Waals surface area contributed by atoms with Crippen LogP contribution < -0.4 is 5.32 Å². The Hall–Kier alpha value is -2.35. The van der Waals surface area contributed by atoms with Gasteiger partial charge in [0.15, 0.2) is 0 Å². The standard InChI is InChI=1S/C15H20N4O4/c1-3-11-12(23-15(21)18-5-4-16-8-18)6-13(22-11)19-7-10(2)14(20)17-9-19/h4-5,7-8,11-13H,3,6,9H2,1-2H3,(H,17,20)/t11-,12?,13-/m1/s1. The number of carbonyl (C=O) groups excluding carboxylic acids is 2. The second-order valence-electron chi connectivity index (χ2n) is 5.66. The van der Waals surface area contributed by atoms with Gasteiger partial charge in [0.25, 0.3) is 0 Å². The third kappa shape index (κ3) is 3.21. The van der Waals surface area contributed by atoms with Crippen molar-refractivity contribution in [2.75, 3.05) is 6.67 Å². The number of nitrogens with zero attached hydrogens (tertiary/aromatic N) is 3. The third-order valence-corrected chi connectivity index (χ3v) is 4.06. The summed E-state index contributed by atoms with van der Waals surface area (Å²) in [4.78, 5) is 29.3. The molecule has 124 valence electrons. The summed E-state index contributed by atoms with van der Waals surface area (Å²) in [5.41, 5.74) is 0.631. The normalized spacial score (nSPS) is 27.6. The molecule has 2 aliphatic rings. The Labute approximate surface area is 134 Å². The van der Waals surface area contributed by atoms with Gasteiger partial charge in [0.05, 0.1) is 12.8 Å². The van der Waals surface area contributed by atoms with E-state index in [-0.39, 0.29) is 24.3 Å². The molecule has 1 aromatic heterocycles. The van der Waals surface area contributed by atoms with Crippen molar-refractivity contribution in [3.63, 3.8) is 0 Å². The predicted molar refractivity (Wildman–Crippen MR) is 80.1 cm³/mol. The molecule has 0 aromatic carbocycles. The van der Waals surface area contributed by atoms with Crippen LogP contribution in [0.3, 0.4) is 0 Å². The van der Waals surface area contributed by atoms with Gasteiger partial charge in [0, 0.05) is 30.6 Å². The van der Waals surface area contributed by atoms with Crippen LogP contribution in [-0.4, -0.2) is 51.6 Å². The molecule has 23 heavy (non-hydrogen) atoms. The summed E-state index contributed by atoms with van der Waals surface area (Å²) in [5.74, 6) is -0.0747. The van der Waals surface area contributed by atoms with Crippen LogP contribution in [-0.2, 0) is 14.3 Å². The predicted octanol–water partition coefficient (Wildman–Crippen LogP) is 1.05. The summed E-state index contributed by atoms with van der Waals surface area (Å²) >= 11 is 0. The second kappa shape index (κ2) is 6.41. The Bertz CT molecular complexity index is 613. The van der Waals surface area contributed by atoms with Crippen molar-refractivity contribution in [2.45, 2.75) is 45.1 Å². The van der Waals surface area contributed by atoms with Crippen LogP contribution in [0.15, 0.2) is 30.5 Å². The molecule has 3 atom stereocenters. The van der Waals surface area contributed by atoms with E-state index in [0.29, 0.717) is 18.7 Å². The van der Waals surface area contributed by atoms with Gasteiger partial charge in [-0.25, -0.2) is 14.3 Å². The number of ether oxygens (including phenoxy) is 2. The number of hydrogen-bond acceptors (Lipinski definition) is 6. The van der Waals surface area contributed by atoms with Crippen molar-refractivity contribution in [1.82, 2.24) is 19.8 Å². The highest BCUT2D eigenvalue weighted by atomic mass is 16.6. The van der Waals surface area contributed by atoms with Crippen molar-refractivity contribution in [3.05, 3.63) is 30.5 Å². The van der Waals surface area contributed by atoms with Gasteiger partial charge in [-0.15, -0.1) is 0 Å². The van der Waals surface area contributed by atoms with Gasteiger partial charge in [-0.2, -0.15) is 0 Å². The zero-order valence-corrected chi connectivity index (χ0v) is 13.1. The Morgan fingerprint density at radius 3 is 3.04 bits per heavy atom. The van der Waals surface area contributed by atoms with Crippen molar-refractivity contribution >= 4 is 12.0 Å². The van der Waals surface area contributed by atoms with E-state index in [2.05, 4.69) is 10.3 Å². The molecule has 1 fully saturated rings. The van der Waals surface area contributed by atoms with E-state index in [1.165, 1.54) is 17.1 Å². The number of hydrogen-bond donors (Lipinski definition) is 1. The SMILES string of the molecule is CC[C@H]1O[C@@H](N2C=C(C)C(=O)NC2)CC1OC(=O)n1ccnc1.